The molecular weight excluding hydrogens is 1050 g/mol. The third kappa shape index (κ3) is 13.1. The van der Waals surface area contributed by atoms with Gasteiger partial charge in [0.25, 0.3) is 0 Å². The van der Waals surface area contributed by atoms with Crippen LogP contribution in [-0.4, -0.2) is 114 Å². The van der Waals surface area contributed by atoms with Crippen LogP contribution in [0.5, 0.6) is 0 Å². The standard InChI is InChI=1S/C62H101NO13Si3/c1-19-27-29-34-37-48(65)63-51(44-35-32-30-33-36-44)53(75-77(17,18)58(11,12)13)57(68)71-45-40-62(69)56(72-49(66)38-31-28-20-2)54-60(16,55(67)52(50(42(45)9)59(62,14)15)76-79(24-6,25-7)26-8)46(74-78(21-3,22-4)23-5)39-47-61(54,41-70-47)73-43(10)64/h19-20,30,32-33,35-36,45-47,51-54,56,69H,1-2,21-29,31,34,37-41H2,3-18H3,(H,63,65)/t45-,46-,47+,51-,52+,53+,54-,56-,60+,61-,62+/m0/s1. The highest BCUT2D eigenvalue weighted by molar-refractivity contribution is 6.74. The highest BCUT2D eigenvalue weighted by Gasteiger charge is 2.79. The van der Waals surface area contributed by atoms with E-state index in [1.165, 1.54) is 6.92 Å². The number of aliphatic hydroxyl groups is 1. The predicted octanol–water partition coefficient (Wildman–Crippen LogP) is 12.7. The summed E-state index contributed by atoms with van der Waals surface area (Å²) in [5.41, 5.74) is -5.21. The van der Waals surface area contributed by atoms with Crippen LogP contribution in [0.1, 0.15) is 166 Å². The summed E-state index contributed by atoms with van der Waals surface area (Å²) in [7, 11) is -8.26. The van der Waals surface area contributed by atoms with E-state index in [0.717, 1.165) is 31.0 Å². The van der Waals surface area contributed by atoms with Crippen molar-refractivity contribution in [2.24, 2.45) is 16.7 Å². The fourth-order valence-corrected chi connectivity index (χ4v) is 20.0. The Morgan fingerprint density at radius 2 is 1.42 bits per heavy atom. The Hall–Kier alpha value is -3.56. The van der Waals surface area contributed by atoms with E-state index in [2.05, 4.69) is 80.8 Å². The van der Waals surface area contributed by atoms with E-state index in [-0.39, 0.29) is 49.0 Å². The minimum Gasteiger partial charge on any atom is -0.459 e. The lowest BCUT2D eigenvalue weighted by atomic mass is 9.44. The van der Waals surface area contributed by atoms with Crippen molar-refractivity contribution in [3.8, 4) is 0 Å². The van der Waals surface area contributed by atoms with E-state index in [0.29, 0.717) is 54.1 Å². The highest BCUT2D eigenvalue weighted by atomic mass is 28.4. The van der Waals surface area contributed by atoms with E-state index in [4.69, 9.17) is 32.2 Å². The Morgan fingerprint density at radius 1 is 0.848 bits per heavy atom. The zero-order valence-electron chi connectivity index (χ0n) is 51.2. The minimum atomic E-state index is -2.88. The molecule has 11 atom stereocenters. The van der Waals surface area contributed by atoms with Gasteiger partial charge in [0, 0.05) is 38.0 Å². The molecule has 1 saturated heterocycles. The van der Waals surface area contributed by atoms with E-state index in [9.17, 15) is 19.5 Å². The fourth-order valence-electron chi connectivity index (χ4n) is 13.2. The van der Waals surface area contributed by atoms with Gasteiger partial charge in [0.1, 0.15) is 30.0 Å². The number of fused-ring (bicyclic) bond motifs is 5. The molecule has 1 heterocycles. The maximum Gasteiger partial charge on any atom is 0.337 e. The molecule has 444 valence electrons. The second-order valence-corrected chi connectivity index (χ2v) is 39.7. The SMILES string of the molecule is C=CCCCCC(=O)N[C@@H](c1ccccc1)[C@@H](O[Si](C)(C)C(C)(C)C)C(=O)O[C@H]1C[C@@]2(O)[C@@H](OC(=O)CCCC=C)[C@@H]3[C@]4(OC(C)=O)CO[C@@H]4C[C@H](O[Si](CC)(CC)CC)[C@@]3(C)C(=O)[C@H](O[Si](CC)(CC)CC)C(=C1C)C2(C)C. The van der Waals surface area contributed by atoms with Crippen molar-refractivity contribution in [2.45, 2.75) is 263 Å². The average molecular weight is 1150 g/mol. The molecule has 2 bridgehead atoms. The summed E-state index contributed by atoms with van der Waals surface area (Å²) in [6.45, 7) is 39.3. The quantitative estimate of drug-likeness (QED) is 0.0266. The minimum absolute atomic E-state index is 0.0365. The summed E-state index contributed by atoms with van der Waals surface area (Å²) in [6.07, 6.45) is -0.436. The smallest absolute Gasteiger partial charge is 0.337 e. The first-order chi connectivity index (χ1) is 37.0. The second kappa shape index (κ2) is 26.3. The second-order valence-electron chi connectivity index (χ2n) is 25.5. The van der Waals surface area contributed by atoms with Crippen LogP contribution in [0.15, 0.2) is 66.8 Å². The Morgan fingerprint density at radius 3 is 1.94 bits per heavy atom. The van der Waals surface area contributed by atoms with Gasteiger partial charge in [0.15, 0.2) is 42.4 Å². The van der Waals surface area contributed by atoms with Crippen LogP contribution in [-0.2, 0) is 56.2 Å². The zero-order chi connectivity index (χ0) is 59.2. The van der Waals surface area contributed by atoms with Gasteiger partial charge in [-0.2, -0.15) is 0 Å². The molecule has 2 saturated carbocycles. The molecule has 0 radical (unpaired) electrons. The number of Topliss-reactive ketones (excluding diaryl/α,β-unsaturated/α-hetero) is 1. The van der Waals surface area contributed by atoms with Gasteiger partial charge in [-0.05, 0) is 117 Å². The van der Waals surface area contributed by atoms with E-state index < -0.39 is 113 Å². The number of ether oxygens (including phenoxy) is 4. The lowest BCUT2D eigenvalue weighted by Gasteiger charge is -2.68. The lowest BCUT2D eigenvalue weighted by molar-refractivity contribution is -0.346. The van der Waals surface area contributed by atoms with Gasteiger partial charge >= 0.3 is 17.9 Å². The van der Waals surface area contributed by atoms with Crippen LogP contribution in [0.2, 0.25) is 54.4 Å². The molecule has 1 amide bonds. The number of carbonyl (C=O) groups excluding carboxylic acids is 5. The number of esters is 3. The van der Waals surface area contributed by atoms with Gasteiger partial charge in [-0.3, -0.25) is 19.2 Å². The molecule has 5 rings (SSSR count). The van der Waals surface area contributed by atoms with Gasteiger partial charge in [-0.1, -0.05) is 119 Å². The molecule has 4 aliphatic rings. The summed E-state index contributed by atoms with van der Waals surface area (Å²) >= 11 is 0. The van der Waals surface area contributed by atoms with Crippen molar-refractivity contribution in [1.29, 1.82) is 0 Å². The Kier molecular flexibility index (Phi) is 22.1. The summed E-state index contributed by atoms with van der Waals surface area (Å²) in [6, 6.07) is 12.6. The van der Waals surface area contributed by atoms with Crippen molar-refractivity contribution in [3.63, 3.8) is 0 Å². The molecule has 3 aliphatic carbocycles. The number of rotatable bonds is 28. The number of unbranched alkanes of at least 4 members (excludes halogenated alkanes) is 3. The summed E-state index contributed by atoms with van der Waals surface area (Å²) in [5, 5.41) is 17.5. The molecule has 1 aromatic rings. The van der Waals surface area contributed by atoms with Gasteiger partial charge in [0.2, 0.25) is 5.91 Å². The largest absolute Gasteiger partial charge is 0.459 e. The van der Waals surface area contributed by atoms with E-state index in [1.54, 1.807) is 6.08 Å². The molecule has 0 unspecified atom stereocenters. The monoisotopic (exact) mass is 1150 g/mol. The number of benzene rings is 1. The molecule has 79 heavy (non-hydrogen) atoms. The Balaban J connectivity index is 1.89. The number of hydrogen-bond donors (Lipinski definition) is 2. The van der Waals surface area contributed by atoms with Crippen molar-refractivity contribution < 1.29 is 61.3 Å². The first-order valence-corrected chi connectivity index (χ1v) is 37.7. The van der Waals surface area contributed by atoms with Crippen molar-refractivity contribution in [3.05, 3.63) is 72.4 Å². The number of ketones is 1. The Bertz CT molecular complexity index is 2340. The van der Waals surface area contributed by atoms with E-state index in [1.807, 2.05) is 77.2 Å². The topological polar surface area (TPSA) is 182 Å². The van der Waals surface area contributed by atoms with Crippen molar-refractivity contribution in [2.75, 3.05) is 6.61 Å². The molecule has 1 aliphatic heterocycles. The molecule has 17 heteroatoms. The van der Waals surface area contributed by atoms with Crippen LogP contribution in [0.25, 0.3) is 0 Å². The molecule has 1 aromatic carbocycles. The normalized spacial score (nSPS) is 28.6. The van der Waals surface area contributed by atoms with Gasteiger partial charge < -0.3 is 42.6 Å². The number of allylic oxidation sites excluding steroid dienone is 2. The number of hydrogen-bond acceptors (Lipinski definition) is 13. The Labute approximate surface area is 477 Å². The highest BCUT2D eigenvalue weighted by Crippen LogP contribution is 2.65. The molecule has 14 nitrogen and oxygen atoms in total. The van der Waals surface area contributed by atoms with Crippen LogP contribution < -0.4 is 5.32 Å². The van der Waals surface area contributed by atoms with Gasteiger partial charge in [-0.25, -0.2) is 4.79 Å². The lowest BCUT2D eigenvalue weighted by Crippen LogP contribution is -2.82. The van der Waals surface area contributed by atoms with Crippen LogP contribution in [0, 0.1) is 16.7 Å². The maximum absolute atomic E-state index is 17.2. The van der Waals surface area contributed by atoms with Crippen LogP contribution in [0.3, 0.4) is 0 Å². The first kappa shape index (κ1) is 66.2. The van der Waals surface area contributed by atoms with Crippen molar-refractivity contribution >= 4 is 54.6 Å². The molecule has 3 fully saturated rings. The third-order valence-corrected chi connectivity index (χ3v) is 33.6. The van der Waals surface area contributed by atoms with Crippen LogP contribution in [0.4, 0.5) is 0 Å². The predicted molar refractivity (Wildman–Crippen MR) is 318 cm³/mol. The number of carbonyl (C=O) groups is 5. The number of amides is 1. The third-order valence-electron chi connectivity index (χ3n) is 19.9. The first-order valence-electron chi connectivity index (χ1n) is 29.8. The average Bonchev–Trinajstić information content (AvgIpc) is 2.96. The van der Waals surface area contributed by atoms with Gasteiger partial charge in [-0.15, -0.1) is 13.2 Å². The summed E-state index contributed by atoms with van der Waals surface area (Å²) < 4.78 is 49.2. The summed E-state index contributed by atoms with van der Waals surface area (Å²) in [5.74, 6) is -3.87. The van der Waals surface area contributed by atoms with E-state index >= 15 is 9.59 Å². The van der Waals surface area contributed by atoms with Crippen LogP contribution >= 0.6 is 0 Å². The van der Waals surface area contributed by atoms with Crippen molar-refractivity contribution in [1.82, 2.24) is 5.32 Å². The molecule has 0 spiro atoms. The molecule has 0 aromatic heterocycles. The maximum atomic E-state index is 17.2. The summed E-state index contributed by atoms with van der Waals surface area (Å²) in [4.78, 5) is 75.5. The fraction of sp³-hybridized carbons (Fsp3) is 0.726. The van der Waals surface area contributed by atoms with Gasteiger partial charge in [0.05, 0.1) is 30.1 Å². The molecular formula is C62H101NO13Si3. The zero-order valence-corrected chi connectivity index (χ0v) is 54.2. The molecule has 2 N–H and O–H groups in total. The number of nitrogens with one attached hydrogen (secondary N) is 1.